The van der Waals surface area contributed by atoms with E-state index in [-0.39, 0.29) is 26.5 Å². The van der Waals surface area contributed by atoms with Crippen molar-refractivity contribution < 1.29 is 14.3 Å². The summed E-state index contributed by atoms with van der Waals surface area (Å²) >= 11 is 0. The van der Waals surface area contributed by atoms with Gasteiger partial charge in [0.15, 0.2) is 11.6 Å². The van der Waals surface area contributed by atoms with Crippen LogP contribution in [0.15, 0.2) is 85.1 Å². The molecule has 0 aliphatic carbocycles. The lowest BCUT2D eigenvalue weighted by Crippen LogP contribution is -2.50. The number of nitrogens with two attached hydrogens (primary N) is 1. The molecule has 0 aliphatic rings. The second kappa shape index (κ2) is 12.0. The van der Waals surface area contributed by atoms with E-state index in [4.69, 9.17) is 15.2 Å². The van der Waals surface area contributed by atoms with Gasteiger partial charge in [-0.3, -0.25) is 9.20 Å². The average Bonchev–Trinajstić information content (AvgIpc) is 3.36. The van der Waals surface area contributed by atoms with E-state index in [1.807, 2.05) is 85.1 Å². The summed E-state index contributed by atoms with van der Waals surface area (Å²) in [7, 11) is 0. The first-order chi connectivity index (χ1) is 18.4. The lowest BCUT2D eigenvalue weighted by atomic mass is 10.1. The Balaban J connectivity index is 0.00000353. The minimum atomic E-state index is -1.07. The maximum atomic E-state index is 12.8. The average molecular weight is 527 g/mol. The first-order valence-electron chi connectivity index (χ1n) is 12.4. The van der Waals surface area contributed by atoms with Crippen molar-refractivity contribution in [3.8, 4) is 5.75 Å². The molecule has 39 heavy (non-hydrogen) atoms. The molecule has 202 valence electrons. The van der Waals surface area contributed by atoms with Gasteiger partial charge in [0.1, 0.15) is 12.6 Å². The van der Waals surface area contributed by atoms with E-state index in [0.717, 1.165) is 22.2 Å². The number of para-hydroxylation sites is 1. The van der Waals surface area contributed by atoms with Crippen LogP contribution in [-0.2, 0) is 22.7 Å². The summed E-state index contributed by atoms with van der Waals surface area (Å²) < 4.78 is 13.9. The number of carbonyl (C=O) groups is 1. The molecular weight excluding hydrogens is 492 g/mol. The number of nitrogens with zero attached hydrogens (tertiary/aromatic N) is 4. The van der Waals surface area contributed by atoms with Crippen molar-refractivity contribution in [3.05, 3.63) is 102 Å². The fraction of sp³-hybridized carbons (Fsp3) is 0.267. The van der Waals surface area contributed by atoms with E-state index < -0.39 is 11.6 Å². The highest BCUT2D eigenvalue weighted by atomic mass is 16.5. The molecular formula is C30H34N6O3. The van der Waals surface area contributed by atoms with Crippen molar-refractivity contribution in [2.24, 2.45) is 5.73 Å². The van der Waals surface area contributed by atoms with Crippen molar-refractivity contribution in [3.63, 3.8) is 0 Å². The Labute approximate surface area is 228 Å². The molecule has 0 spiro atoms. The van der Waals surface area contributed by atoms with Crippen molar-refractivity contribution in [2.45, 2.75) is 46.1 Å². The molecule has 5 rings (SSSR count). The number of rotatable bonds is 10. The topological polar surface area (TPSA) is 117 Å². The largest absolute Gasteiger partial charge is 0.483 e. The van der Waals surface area contributed by atoms with E-state index in [1.54, 1.807) is 18.2 Å². The summed E-state index contributed by atoms with van der Waals surface area (Å²) in [4.78, 5) is 17.5. The molecule has 0 radical (unpaired) electrons. The Hall–Kier alpha value is -4.34. The number of fused-ring (bicyclic) bond motifs is 2. The van der Waals surface area contributed by atoms with Gasteiger partial charge in [-0.05, 0) is 43.7 Å². The number of carbonyl (C=O) groups excluding carboxylic acids is 1. The highest BCUT2D eigenvalue weighted by molar-refractivity contribution is 5.85. The summed E-state index contributed by atoms with van der Waals surface area (Å²) in [5, 5.41) is 12.8. The molecule has 0 saturated heterocycles. The molecule has 9 nitrogen and oxygen atoms in total. The standard InChI is InChI=1S/C29H30N6O3.CH4/c1-29(2,30)28(36)32-24(19-37-17-20-9-4-3-5-10-20)26-33-34-27-25(13-8-16-35(26)27)38-18-22-15-14-21-11-6-7-12-23(21)31-22;/h3-16,24H,17-19,30H2,1-2H3,(H,32,36);1H4/t24-;/m1./s1. The molecule has 0 fully saturated rings. The summed E-state index contributed by atoms with van der Waals surface area (Å²) in [5.41, 5.74) is 8.24. The molecule has 0 saturated carbocycles. The number of ether oxygens (including phenoxy) is 2. The highest BCUT2D eigenvalue weighted by Gasteiger charge is 2.28. The Bertz CT molecular complexity index is 1550. The Morgan fingerprint density at radius 2 is 1.74 bits per heavy atom. The van der Waals surface area contributed by atoms with Gasteiger partial charge in [0.25, 0.3) is 0 Å². The van der Waals surface area contributed by atoms with Crippen LogP contribution in [0.4, 0.5) is 0 Å². The molecule has 0 bridgehead atoms. The summed E-state index contributed by atoms with van der Waals surface area (Å²) in [6.07, 6.45) is 1.83. The molecule has 0 aliphatic heterocycles. The van der Waals surface area contributed by atoms with E-state index in [0.29, 0.717) is 23.8 Å². The zero-order valence-electron chi connectivity index (χ0n) is 21.4. The lowest BCUT2D eigenvalue weighted by molar-refractivity contribution is -0.126. The predicted molar refractivity (Wildman–Crippen MR) is 151 cm³/mol. The zero-order valence-corrected chi connectivity index (χ0v) is 21.4. The Morgan fingerprint density at radius 3 is 2.54 bits per heavy atom. The molecule has 1 atom stereocenters. The van der Waals surface area contributed by atoms with Crippen molar-refractivity contribution >= 4 is 22.5 Å². The van der Waals surface area contributed by atoms with Gasteiger partial charge in [0.05, 0.1) is 30.0 Å². The molecule has 5 aromatic rings. The number of pyridine rings is 2. The van der Waals surface area contributed by atoms with Gasteiger partial charge in [-0.2, -0.15) is 0 Å². The van der Waals surface area contributed by atoms with Crippen LogP contribution < -0.4 is 15.8 Å². The quantitative estimate of drug-likeness (QED) is 0.273. The SMILES string of the molecule is C.CC(C)(N)C(=O)N[C@H](COCc1ccccc1)c1nnc2c(OCc3ccc4ccccc4n3)cccn12. The van der Waals surface area contributed by atoms with Gasteiger partial charge in [0, 0.05) is 11.6 Å². The van der Waals surface area contributed by atoms with Crippen molar-refractivity contribution in [1.29, 1.82) is 0 Å². The Morgan fingerprint density at radius 1 is 0.974 bits per heavy atom. The van der Waals surface area contributed by atoms with Crippen LogP contribution in [-0.4, -0.2) is 37.6 Å². The summed E-state index contributed by atoms with van der Waals surface area (Å²) in [6.45, 7) is 4.15. The fourth-order valence-corrected chi connectivity index (χ4v) is 3.99. The third kappa shape index (κ3) is 6.57. The first-order valence-corrected chi connectivity index (χ1v) is 12.4. The van der Waals surface area contributed by atoms with Crippen LogP contribution in [0.5, 0.6) is 5.75 Å². The number of amides is 1. The smallest absolute Gasteiger partial charge is 0.240 e. The second-order valence-electron chi connectivity index (χ2n) is 9.66. The zero-order chi connectivity index (χ0) is 26.5. The van der Waals surface area contributed by atoms with Crippen molar-refractivity contribution in [2.75, 3.05) is 6.61 Å². The van der Waals surface area contributed by atoms with Crippen molar-refractivity contribution in [1.82, 2.24) is 24.9 Å². The lowest BCUT2D eigenvalue weighted by Gasteiger charge is -2.23. The molecule has 3 N–H and O–H groups in total. The third-order valence-electron chi connectivity index (χ3n) is 6.06. The van der Waals surface area contributed by atoms with Crippen LogP contribution in [0, 0.1) is 0 Å². The first kappa shape index (κ1) is 27.7. The normalized spacial score (nSPS) is 12.2. The minimum Gasteiger partial charge on any atom is -0.483 e. The van der Waals surface area contributed by atoms with Crippen LogP contribution in [0.2, 0.25) is 0 Å². The van der Waals surface area contributed by atoms with Gasteiger partial charge in [-0.1, -0.05) is 62.0 Å². The maximum Gasteiger partial charge on any atom is 0.240 e. The third-order valence-corrected chi connectivity index (χ3v) is 6.06. The van der Waals surface area contributed by atoms with Crippen LogP contribution >= 0.6 is 0 Å². The summed E-state index contributed by atoms with van der Waals surface area (Å²) in [6, 6.07) is 24.8. The number of nitrogens with one attached hydrogen (secondary N) is 1. The minimum absolute atomic E-state index is 0. The number of hydrogen-bond acceptors (Lipinski definition) is 7. The van der Waals surface area contributed by atoms with E-state index in [2.05, 4.69) is 20.5 Å². The molecule has 1 amide bonds. The maximum absolute atomic E-state index is 12.8. The van der Waals surface area contributed by atoms with Gasteiger partial charge >= 0.3 is 0 Å². The van der Waals surface area contributed by atoms with Crippen LogP contribution in [0.1, 0.15) is 44.4 Å². The van der Waals surface area contributed by atoms with Gasteiger partial charge in [-0.25, -0.2) is 4.98 Å². The molecule has 3 aromatic heterocycles. The molecule has 3 heterocycles. The van der Waals surface area contributed by atoms with Crippen LogP contribution in [0.3, 0.4) is 0 Å². The van der Waals surface area contributed by atoms with Gasteiger partial charge in [0.2, 0.25) is 11.6 Å². The summed E-state index contributed by atoms with van der Waals surface area (Å²) in [5.74, 6) is 0.743. The molecule has 2 aromatic carbocycles. The monoisotopic (exact) mass is 526 g/mol. The van der Waals surface area contributed by atoms with E-state index in [1.165, 1.54) is 0 Å². The predicted octanol–water partition coefficient (Wildman–Crippen LogP) is 4.60. The number of aromatic nitrogens is 4. The van der Waals surface area contributed by atoms with Crippen LogP contribution in [0.25, 0.3) is 16.6 Å². The van der Waals surface area contributed by atoms with Gasteiger partial charge < -0.3 is 20.5 Å². The highest BCUT2D eigenvalue weighted by Crippen LogP contribution is 2.23. The number of benzene rings is 2. The molecule has 9 heteroatoms. The van der Waals surface area contributed by atoms with E-state index >= 15 is 0 Å². The Kier molecular flexibility index (Phi) is 8.53. The second-order valence-corrected chi connectivity index (χ2v) is 9.66. The number of hydrogen-bond donors (Lipinski definition) is 2. The van der Waals surface area contributed by atoms with Gasteiger partial charge in [-0.15, -0.1) is 10.2 Å². The van der Waals surface area contributed by atoms with E-state index in [9.17, 15) is 4.79 Å². The molecule has 0 unspecified atom stereocenters. The fourth-order valence-electron chi connectivity index (χ4n) is 3.99.